The van der Waals surface area contributed by atoms with E-state index in [-0.39, 0.29) is 0 Å². The lowest BCUT2D eigenvalue weighted by Gasteiger charge is -2.18. The van der Waals surface area contributed by atoms with Crippen LogP contribution in [-0.2, 0) is 0 Å². The van der Waals surface area contributed by atoms with Crippen molar-refractivity contribution in [3.8, 4) is 11.1 Å². The second-order valence-corrected chi connectivity index (χ2v) is 9.86. The maximum absolute atomic E-state index is 4.59. The van der Waals surface area contributed by atoms with Gasteiger partial charge in [-0.05, 0) is 73.1 Å². The highest BCUT2D eigenvalue weighted by molar-refractivity contribution is 7.99. The molecule has 0 radical (unpaired) electrons. The summed E-state index contributed by atoms with van der Waals surface area (Å²) in [5.41, 5.74) is 2.51. The zero-order chi connectivity index (χ0) is 23.2. The van der Waals surface area contributed by atoms with Crippen LogP contribution in [-0.4, -0.2) is 4.98 Å². The molecule has 0 aliphatic carbocycles. The molecule has 0 saturated heterocycles. The normalized spacial score (nSPS) is 11.5. The molecule has 35 heavy (non-hydrogen) atoms. The number of fused-ring (bicyclic) bond motifs is 5. The molecule has 6 aromatic carbocycles. The summed E-state index contributed by atoms with van der Waals surface area (Å²) in [5.74, 6) is 0. The molecule has 1 heterocycles. The molecule has 0 aliphatic rings. The Morgan fingerprint density at radius 3 is 1.94 bits per heavy atom. The van der Waals surface area contributed by atoms with Crippen molar-refractivity contribution in [3.63, 3.8) is 0 Å². The van der Waals surface area contributed by atoms with Gasteiger partial charge < -0.3 is 0 Å². The molecule has 0 saturated carbocycles. The van der Waals surface area contributed by atoms with E-state index in [9.17, 15) is 0 Å². The molecule has 164 valence electrons. The number of pyridine rings is 1. The van der Waals surface area contributed by atoms with Gasteiger partial charge in [0.1, 0.15) is 0 Å². The molecule has 1 nitrogen and oxygen atoms in total. The number of hydrogen-bond acceptors (Lipinski definition) is 2. The molecule has 1 aromatic heterocycles. The lowest BCUT2D eigenvalue weighted by atomic mass is 9.88. The Kier molecular flexibility index (Phi) is 4.78. The first kappa shape index (κ1) is 20.3. The van der Waals surface area contributed by atoms with Crippen LogP contribution in [0.3, 0.4) is 0 Å². The van der Waals surface area contributed by atoms with E-state index in [4.69, 9.17) is 0 Å². The largest absolute Gasteiger partial charge is 0.264 e. The van der Waals surface area contributed by atoms with Crippen LogP contribution in [0.2, 0.25) is 0 Å². The summed E-state index contributed by atoms with van der Waals surface area (Å²) in [5, 5.41) is 10.0. The maximum atomic E-state index is 4.59. The van der Waals surface area contributed by atoms with Crippen LogP contribution in [0.4, 0.5) is 0 Å². The molecule has 0 bridgehead atoms. The van der Waals surface area contributed by atoms with Crippen molar-refractivity contribution >= 4 is 54.9 Å². The van der Waals surface area contributed by atoms with E-state index >= 15 is 0 Å². The molecule has 0 spiro atoms. The van der Waals surface area contributed by atoms with Gasteiger partial charge >= 0.3 is 0 Å². The Hall–Kier alpha value is -4.14. The van der Waals surface area contributed by atoms with Crippen molar-refractivity contribution in [1.29, 1.82) is 0 Å². The Morgan fingerprint density at radius 1 is 0.486 bits per heavy atom. The number of benzene rings is 6. The second kappa shape index (κ2) is 8.26. The zero-order valence-corrected chi connectivity index (χ0v) is 19.8. The SMILES string of the molecule is c1ccc(Sc2c3ccccc3c(-c3cc4ccccc4c4ccccc34)c3cnccc23)cc1. The van der Waals surface area contributed by atoms with Crippen LogP contribution in [0.1, 0.15) is 0 Å². The summed E-state index contributed by atoms with van der Waals surface area (Å²) >= 11 is 1.83. The van der Waals surface area contributed by atoms with Crippen LogP contribution >= 0.6 is 11.8 Å². The molecule has 0 N–H and O–H groups in total. The van der Waals surface area contributed by atoms with Gasteiger partial charge in [0.05, 0.1) is 0 Å². The highest BCUT2D eigenvalue weighted by atomic mass is 32.2. The minimum absolute atomic E-state index is 1.19. The summed E-state index contributed by atoms with van der Waals surface area (Å²) in [6, 6.07) is 41.4. The first-order valence-corrected chi connectivity index (χ1v) is 12.6. The lowest BCUT2D eigenvalue weighted by molar-refractivity contribution is 1.36. The number of rotatable bonds is 3. The van der Waals surface area contributed by atoms with E-state index < -0.39 is 0 Å². The number of nitrogens with zero attached hydrogens (tertiary/aromatic N) is 1. The molecule has 0 fully saturated rings. The molecule has 0 atom stereocenters. The topological polar surface area (TPSA) is 12.9 Å². The van der Waals surface area contributed by atoms with Gasteiger partial charge in [-0.3, -0.25) is 4.98 Å². The van der Waals surface area contributed by atoms with E-state index in [1.807, 2.05) is 24.2 Å². The van der Waals surface area contributed by atoms with Gasteiger partial charge in [-0.2, -0.15) is 0 Å². The Morgan fingerprint density at radius 2 is 1.11 bits per heavy atom. The van der Waals surface area contributed by atoms with Crippen molar-refractivity contribution in [2.24, 2.45) is 0 Å². The third-order valence-corrected chi connectivity index (χ3v) is 7.93. The van der Waals surface area contributed by atoms with E-state index in [2.05, 4.69) is 120 Å². The summed E-state index contributed by atoms with van der Waals surface area (Å²) in [4.78, 5) is 7.10. The van der Waals surface area contributed by atoms with E-state index in [0.717, 1.165) is 0 Å². The third-order valence-electron chi connectivity index (χ3n) is 6.78. The molecule has 2 heteroatoms. The highest BCUT2D eigenvalue weighted by Crippen LogP contribution is 2.47. The second-order valence-electron chi connectivity index (χ2n) is 8.78. The Balaban J connectivity index is 1.64. The minimum atomic E-state index is 1.19. The van der Waals surface area contributed by atoms with Crippen molar-refractivity contribution in [2.45, 2.75) is 9.79 Å². The molecule has 0 amide bonds. The van der Waals surface area contributed by atoms with Crippen LogP contribution in [0, 0.1) is 0 Å². The summed E-state index contributed by atoms with van der Waals surface area (Å²) < 4.78 is 0. The molecule has 7 rings (SSSR count). The summed E-state index contributed by atoms with van der Waals surface area (Å²) in [6.45, 7) is 0. The standard InChI is InChI=1S/C33H21NS/c1-2-11-23(12-3-1)35-33-28-17-9-8-16-27(28)32(31-21-34-19-18-29(31)33)30-20-22-10-4-5-13-24(22)25-14-6-7-15-26(25)30/h1-21H. The predicted octanol–water partition coefficient (Wildman–Crippen LogP) is 9.51. The fourth-order valence-electron chi connectivity index (χ4n) is 5.25. The zero-order valence-electron chi connectivity index (χ0n) is 19.0. The third kappa shape index (κ3) is 3.30. The van der Waals surface area contributed by atoms with Crippen LogP contribution < -0.4 is 0 Å². The molecule has 7 aromatic rings. The quantitative estimate of drug-likeness (QED) is 0.191. The highest BCUT2D eigenvalue weighted by Gasteiger charge is 2.18. The first-order valence-electron chi connectivity index (χ1n) is 11.8. The monoisotopic (exact) mass is 463 g/mol. The van der Waals surface area contributed by atoms with Crippen molar-refractivity contribution in [2.75, 3.05) is 0 Å². The van der Waals surface area contributed by atoms with Gasteiger partial charge in [0.25, 0.3) is 0 Å². The van der Waals surface area contributed by atoms with Crippen molar-refractivity contribution in [3.05, 3.63) is 128 Å². The lowest BCUT2D eigenvalue weighted by Crippen LogP contribution is -1.92. The predicted molar refractivity (Wildman–Crippen MR) is 150 cm³/mol. The van der Waals surface area contributed by atoms with Crippen LogP contribution in [0.25, 0.3) is 54.2 Å². The fourth-order valence-corrected chi connectivity index (χ4v) is 6.35. The van der Waals surface area contributed by atoms with Gasteiger partial charge in [0.2, 0.25) is 0 Å². The first-order chi connectivity index (χ1) is 17.4. The van der Waals surface area contributed by atoms with E-state index in [1.54, 1.807) is 0 Å². The van der Waals surface area contributed by atoms with Crippen LogP contribution in [0.5, 0.6) is 0 Å². The smallest absolute Gasteiger partial charge is 0.0353 e. The van der Waals surface area contributed by atoms with Crippen LogP contribution in [0.15, 0.2) is 137 Å². The Bertz CT molecular complexity index is 1820. The van der Waals surface area contributed by atoms with Crippen molar-refractivity contribution < 1.29 is 0 Å². The van der Waals surface area contributed by atoms with Gasteiger partial charge in [0.15, 0.2) is 0 Å². The Labute approximate surface area is 208 Å². The maximum Gasteiger partial charge on any atom is 0.0353 e. The average Bonchev–Trinajstić information content (AvgIpc) is 2.93. The average molecular weight is 464 g/mol. The number of hydrogen-bond donors (Lipinski definition) is 0. The fraction of sp³-hybridized carbons (Fsp3) is 0. The van der Waals surface area contributed by atoms with Gasteiger partial charge in [-0.15, -0.1) is 0 Å². The van der Waals surface area contributed by atoms with E-state index in [1.165, 1.54) is 64.0 Å². The van der Waals surface area contributed by atoms with Gasteiger partial charge in [-0.1, -0.05) is 103 Å². The van der Waals surface area contributed by atoms with Gasteiger partial charge in [-0.25, -0.2) is 0 Å². The summed E-state index contributed by atoms with van der Waals surface area (Å²) in [6.07, 6.45) is 3.95. The minimum Gasteiger partial charge on any atom is -0.264 e. The molecular weight excluding hydrogens is 442 g/mol. The molecule has 0 unspecified atom stereocenters. The van der Waals surface area contributed by atoms with Crippen molar-refractivity contribution in [1.82, 2.24) is 4.98 Å². The van der Waals surface area contributed by atoms with Gasteiger partial charge in [0, 0.05) is 27.6 Å². The van der Waals surface area contributed by atoms with E-state index in [0.29, 0.717) is 0 Å². The summed E-state index contributed by atoms with van der Waals surface area (Å²) in [7, 11) is 0. The molecule has 0 aliphatic heterocycles. The molecular formula is C33H21NS. The number of aromatic nitrogens is 1.